The molecule has 0 aliphatic carbocycles. The van der Waals surface area contributed by atoms with Crippen LogP contribution in [0.2, 0.25) is 0 Å². The summed E-state index contributed by atoms with van der Waals surface area (Å²) < 4.78 is 39.7. The summed E-state index contributed by atoms with van der Waals surface area (Å²) in [6.07, 6.45) is 0.821. The Morgan fingerprint density at radius 3 is 2.72 bits per heavy atom. The number of rotatable bonds is 3. The van der Waals surface area contributed by atoms with Gasteiger partial charge in [0.1, 0.15) is 10.7 Å². The van der Waals surface area contributed by atoms with Crippen LogP contribution in [-0.2, 0) is 16.6 Å². The van der Waals surface area contributed by atoms with Gasteiger partial charge in [0, 0.05) is 19.6 Å². The van der Waals surface area contributed by atoms with E-state index in [4.69, 9.17) is 5.73 Å². The van der Waals surface area contributed by atoms with Gasteiger partial charge in [-0.1, -0.05) is 13.0 Å². The van der Waals surface area contributed by atoms with Crippen LogP contribution in [0.15, 0.2) is 23.1 Å². The Morgan fingerprint density at radius 1 is 1.50 bits per heavy atom. The fraction of sp³-hybridized carbons (Fsp3) is 0.500. The summed E-state index contributed by atoms with van der Waals surface area (Å²) in [4.78, 5) is -0.256. The standard InChI is InChI=1S/C12H17FN2O2S/c1-9-4-5-15(8-9)18(16,17)12-3-2-10(7-14)6-11(12)13/h2-3,6,9H,4-5,7-8,14H2,1H3. The minimum absolute atomic E-state index is 0.192. The minimum Gasteiger partial charge on any atom is -0.326 e. The molecule has 2 N–H and O–H groups in total. The van der Waals surface area contributed by atoms with Crippen molar-refractivity contribution in [3.05, 3.63) is 29.6 Å². The molecule has 1 fully saturated rings. The lowest BCUT2D eigenvalue weighted by molar-refractivity contribution is 0.458. The molecule has 1 heterocycles. The lowest BCUT2D eigenvalue weighted by atomic mass is 10.2. The van der Waals surface area contributed by atoms with Gasteiger partial charge in [-0.25, -0.2) is 12.8 Å². The van der Waals surface area contributed by atoms with E-state index in [-0.39, 0.29) is 11.4 Å². The van der Waals surface area contributed by atoms with Gasteiger partial charge in [0.25, 0.3) is 0 Å². The Morgan fingerprint density at radius 2 is 2.22 bits per heavy atom. The highest BCUT2D eigenvalue weighted by atomic mass is 32.2. The minimum atomic E-state index is -3.71. The first-order chi connectivity index (χ1) is 8.45. The number of hydrogen-bond donors (Lipinski definition) is 1. The summed E-state index contributed by atoms with van der Waals surface area (Å²) in [7, 11) is -3.71. The summed E-state index contributed by atoms with van der Waals surface area (Å²) in [5.41, 5.74) is 5.98. The molecule has 1 atom stereocenters. The predicted molar refractivity (Wildman–Crippen MR) is 66.8 cm³/mol. The molecular formula is C12H17FN2O2S. The Bertz CT molecular complexity index is 545. The molecule has 1 aromatic carbocycles. The number of nitrogens with two attached hydrogens (primary N) is 1. The number of hydrogen-bond acceptors (Lipinski definition) is 3. The van der Waals surface area contributed by atoms with Crippen LogP contribution >= 0.6 is 0 Å². The van der Waals surface area contributed by atoms with Crippen LogP contribution in [0.1, 0.15) is 18.9 Å². The Hall–Kier alpha value is -0.980. The van der Waals surface area contributed by atoms with E-state index in [2.05, 4.69) is 0 Å². The molecule has 0 saturated carbocycles. The molecule has 4 nitrogen and oxygen atoms in total. The van der Waals surface area contributed by atoms with Crippen molar-refractivity contribution in [1.29, 1.82) is 0 Å². The molecule has 1 aliphatic rings. The van der Waals surface area contributed by atoms with Gasteiger partial charge in [-0.3, -0.25) is 0 Å². The van der Waals surface area contributed by atoms with E-state index in [9.17, 15) is 12.8 Å². The molecule has 0 radical (unpaired) electrons. The Labute approximate surface area is 107 Å². The third-order valence-corrected chi connectivity index (χ3v) is 5.13. The molecular weight excluding hydrogens is 255 g/mol. The van der Waals surface area contributed by atoms with E-state index in [1.165, 1.54) is 16.4 Å². The van der Waals surface area contributed by atoms with Crippen molar-refractivity contribution >= 4 is 10.0 Å². The van der Waals surface area contributed by atoms with Crippen molar-refractivity contribution in [2.45, 2.75) is 24.8 Å². The van der Waals surface area contributed by atoms with Gasteiger partial charge in [0.05, 0.1) is 0 Å². The SMILES string of the molecule is CC1CCN(S(=O)(=O)c2ccc(CN)cc2F)C1. The molecule has 1 saturated heterocycles. The highest BCUT2D eigenvalue weighted by Gasteiger charge is 2.32. The topological polar surface area (TPSA) is 63.4 Å². The third-order valence-electron chi connectivity index (χ3n) is 3.24. The fourth-order valence-electron chi connectivity index (χ4n) is 2.13. The smallest absolute Gasteiger partial charge is 0.245 e. The molecule has 1 aliphatic heterocycles. The second kappa shape index (κ2) is 4.95. The van der Waals surface area contributed by atoms with Gasteiger partial charge in [-0.15, -0.1) is 0 Å². The van der Waals surface area contributed by atoms with Crippen molar-refractivity contribution in [3.8, 4) is 0 Å². The molecule has 2 rings (SSSR count). The van der Waals surface area contributed by atoms with E-state index in [0.29, 0.717) is 24.6 Å². The highest BCUT2D eigenvalue weighted by molar-refractivity contribution is 7.89. The molecule has 0 aromatic heterocycles. The van der Waals surface area contributed by atoms with Crippen LogP contribution in [-0.4, -0.2) is 25.8 Å². The van der Waals surface area contributed by atoms with Crippen LogP contribution in [0.4, 0.5) is 4.39 Å². The van der Waals surface area contributed by atoms with Gasteiger partial charge in [0.15, 0.2) is 0 Å². The number of sulfonamides is 1. The van der Waals surface area contributed by atoms with Crippen molar-refractivity contribution in [2.24, 2.45) is 11.7 Å². The molecule has 0 spiro atoms. The summed E-state index contributed by atoms with van der Waals surface area (Å²) in [5.74, 6) is -0.399. The quantitative estimate of drug-likeness (QED) is 0.902. The molecule has 18 heavy (non-hydrogen) atoms. The second-order valence-electron chi connectivity index (χ2n) is 4.73. The zero-order chi connectivity index (χ0) is 13.3. The lowest BCUT2D eigenvalue weighted by Gasteiger charge is -2.16. The lowest BCUT2D eigenvalue weighted by Crippen LogP contribution is -2.29. The van der Waals surface area contributed by atoms with Gasteiger partial charge in [0.2, 0.25) is 10.0 Å². The maximum Gasteiger partial charge on any atom is 0.245 e. The van der Waals surface area contributed by atoms with E-state index < -0.39 is 15.8 Å². The van der Waals surface area contributed by atoms with Gasteiger partial charge < -0.3 is 5.73 Å². The highest BCUT2D eigenvalue weighted by Crippen LogP contribution is 2.26. The second-order valence-corrected chi connectivity index (χ2v) is 6.63. The first-order valence-corrected chi connectivity index (χ1v) is 7.38. The van der Waals surface area contributed by atoms with Gasteiger partial charge in [-0.05, 0) is 30.0 Å². The maximum absolute atomic E-state index is 13.8. The summed E-state index contributed by atoms with van der Waals surface area (Å²) in [6.45, 7) is 3.10. The zero-order valence-electron chi connectivity index (χ0n) is 10.3. The molecule has 1 aromatic rings. The third kappa shape index (κ3) is 2.41. The molecule has 100 valence electrons. The summed E-state index contributed by atoms with van der Waals surface area (Å²) >= 11 is 0. The zero-order valence-corrected chi connectivity index (χ0v) is 11.1. The first-order valence-electron chi connectivity index (χ1n) is 5.94. The Balaban J connectivity index is 2.36. The monoisotopic (exact) mass is 272 g/mol. The van der Waals surface area contributed by atoms with Gasteiger partial charge >= 0.3 is 0 Å². The predicted octanol–water partition coefficient (Wildman–Crippen LogP) is 1.31. The van der Waals surface area contributed by atoms with Crippen molar-refractivity contribution < 1.29 is 12.8 Å². The summed E-state index contributed by atoms with van der Waals surface area (Å²) in [5, 5.41) is 0. The average molecular weight is 272 g/mol. The number of halogens is 1. The van der Waals surface area contributed by atoms with E-state index in [1.807, 2.05) is 6.92 Å². The average Bonchev–Trinajstić information content (AvgIpc) is 2.76. The molecule has 6 heteroatoms. The van der Waals surface area contributed by atoms with Crippen LogP contribution in [0.5, 0.6) is 0 Å². The number of nitrogens with zero attached hydrogens (tertiary/aromatic N) is 1. The van der Waals surface area contributed by atoms with Crippen molar-refractivity contribution in [2.75, 3.05) is 13.1 Å². The van der Waals surface area contributed by atoms with Crippen molar-refractivity contribution in [1.82, 2.24) is 4.31 Å². The largest absolute Gasteiger partial charge is 0.326 e. The normalized spacial score (nSPS) is 21.4. The van der Waals surface area contributed by atoms with Crippen LogP contribution < -0.4 is 5.73 Å². The van der Waals surface area contributed by atoms with Crippen LogP contribution in [0, 0.1) is 11.7 Å². The van der Waals surface area contributed by atoms with Crippen molar-refractivity contribution in [3.63, 3.8) is 0 Å². The fourth-order valence-corrected chi connectivity index (χ4v) is 3.75. The molecule has 0 bridgehead atoms. The molecule has 0 amide bonds. The van der Waals surface area contributed by atoms with Crippen LogP contribution in [0.3, 0.4) is 0 Å². The molecule has 1 unspecified atom stereocenters. The Kier molecular flexibility index (Phi) is 3.70. The number of benzene rings is 1. The van der Waals surface area contributed by atoms with E-state index >= 15 is 0 Å². The van der Waals surface area contributed by atoms with E-state index in [1.54, 1.807) is 6.07 Å². The van der Waals surface area contributed by atoms with E-state index in [0.717, 1.165) is 6.42 Å². The first kappa shape index (κ1) is 13.5. The van der Waals surface area contributed by atoms with Crippen LogP contribution in [0.25, 0.3) is 0 Å². The maximum atomic E-state index is 13.8. The van der Waals surface area contributed by atoms with Gasteiger partial charge in [-0.2, -0.15) is 4.31 Å². The summed E-state index contributed by atoms with van der Waals surface area (Å²) in [6, 6.07) is 4.04.